The SMILES string of the molecule is CCCO.COc1c(-c2ccc3cc(NS(C)(=O)=O)ccc3c2)cc(-n2c(=O)cc[nH]c2=O)cc1C(C)(C)C. The van der Waals surface area contributed by atoms with E-state index in [4.69, 9.17) is 9.84 Å². The van der Waals surface area contributed by atoms with Crippen LogP contribution in [0, 0.1) is 0 Å². The largest absolute Gasteiger partial charge is 0.496 e. The summed E-state index contributed by atoms with van der Waals surface area (Å²) in [7, 11) is -1.79. The van der Waals surface area contributed by atoms with Gasteiger partial charge in [0.25, 0.3) is 5.56 Å². The van der Waals surface area contributed by atoms with Crippen molar-refractivity contribution in [1.82, 2.24) is 9.55 Å². The average molecular weight is 554 g/mol. The second-order valence-electron chi connectivity index (χ2n) is 10.2. The first kappa shape index (κ1) is 29.7. The van der Waals surface area contributed by atoms with Gasteiger partial charge in [-0.2, -0.15) is 0 Å². The molecule has 9 nitrogen and oxygen atoms in total. The number of aliphatic hydroxyl groups is 1. The van der Waals surface area contributed by atoms with Crippen molar-refractivity contribution in [3.8, 4) is 22.6 Å². The van der Waals surface area contributed by atoms with Crippen molar-refractivity contribution < 1.29 is 18.3 Å². The predicted molar refractivity (Wildman–Crippen MR) is 157 cm³/mol. The third-order valence-corrected chi connectivity index (χ3v) is 6.48. The number of hydrogen-bond donors (Lipinski definition) is 3. The molecule has 0 aliphatic carbocycles. The van der Waals surface area contributed by atoms with Crippen molar-refractivity contribution in [2.75, 3.05) is 24.7 Å². The Morgan fingerprint density at radius 1 is 1.00 bits per heavy atom. The summed E-state index contributed by atoms with van der Waals surface area (Å²) in [5.74, 6) is 0.649. The lowest BCUT2D eigenvalue weighted by Gasteiger charge is -2.25. The van der Waals surface area contributed by atoms with Gasteiger partial charge < -0.3 is 14.8 Å². The smallest absolute Gasteiger partial charge is 0.332 e. The molecule has 0 fully saturated rings. The number of sulfonamides is 1. The lowest BCUT2D eigenvalue weighted by Crippen LogP contribution is -2.32. The van der Waals surface area contributed by atoms with Crippen LogP contribution in [0.25, 0.3) is 27.6 Å². The van der Waals surface area contributed by atoms with Gasteiger partial charge in [-0.05, 0) is 58.5 Å². The summed E-state index contributed by atoms with van der Waals surface area (Å²) in [5, 5.41) is 9.62. The molecule has 0 aliphatic heterocycles. The Balaban J connectivity index is 0.000000983. The van der Waals surface area contributed by atoms with Crippen molar-refractivity contribution in [2.45, 2.75) is 39.5 Å². The summed E-state index contributed by atoms with van der Waals surface area (Å²) in [5.41, 5.74) is 2.00. The summed E-state index contributed by atoms with van der Waals surface area (Å²) in [6.07, 6.45) is 3.31. The molecule has 0 saturated heterocycles. The van der Waals surface area contributed by atoms with Gasteiger partial charge in [0.05, 0.1) is 19.1 Å². The van der Waals surface area contributed by atoms with Gasteiger partial charge in [0.1, 0.15) is 5.75 Å². The molecule has 1 aromatic heterocycles. The zero-order valence-electron chi connectivity index (χ0n) is 23.0. The Morgan fingerprint density at radius 3 is 2.21 bits per heavy atom. The van der Waals surface area contributed by atoms with Crippen LogP contribution >= 0.6 is 0 Å². The van der Waals surface area contributed by atoms with E-state index in [0.29, 0.717) is 23.7 Å². The first-order chi connectivity index (χ1) is 18.3. The number of nitrogens with one attached hydrogen (secondary N) is 2. The van der Waals surface area contributed by atoms with Crippen LogP contribution in [0.5, 0.6) is 5.75 Å². The van der Waals surface area contributed by atoms with E-state index in [1.165, 1.54) is 12.3 Å². The average Bonchev–Trinajstić information content (AvgIpc) is 2.86. The van der Waals surface area contributed by atoms with Gasteiger partial charge in [-0.1, -0.05) is 45.9 Å². The van der Waals surface area contributed by atoms with E-state index in [-0.39, 0.29) is 5.41 Å². The van der Waals surface area contributed by atoms with Gasteiger partial charge in [-0.3, -0.25) is 9.52 Å². The Labute approximate surface area is 228 Å². The number of rotatable bonds is 6. The molecule has 3 aromatic carbocycles. The number of H-pyrrole nitrogens is 1. The monoisotopic (exact) mass is 553 g/mol. The number of aliphatic hydroxyl groups excluding tert-OH is 1. The highest BCUT2D eigenvalue weighted by Crippen LogP contribution is 2.41. The highest BCUT2D eigenvalue weighted by molar-refractivity contribution is 7.92. The fraction of sp³-hybridized carbons (Fsp3) is 0.310. The zero-order chi connectivity index (χ0) is 29.0. The lowest BCUT2D eigenvalue weighted by atomic mass is 9.83. The number of ether oxygens (including phenoxy) is 1. The van der Waals surface area contributed by atoms with Gasteiger partial charge in [0.2, 0.25) is 10.0 Å². The number of anilines is 1. The van der Waals surface area contributed by atoms with Crippen LogP contribution in [-0.2, 0) is 15.4 Å². The molecular weight excluding hydrogens is 518 g/mol. The first-order valence-electron chi connectivity index (χ1n) is 12.5. The molecule has 10 heteroatoms. The number of nitrogens with zero attached hydrogens (tertiary/aromatic N) is 1. The number of aromatic nitrogens is 2. The van der Waals surface area contributed by atoms with E-state index in [9.17, 15) is 18.0 Å². The minimum Gasteiger partial charge on any atom is -0.496 e. The fourth-order valence-corrected chi connectivity index (χ4v) is 4.65. The predicted octanol–water partition coefficient (Wildman–Crippen LogP) is 4.41. The van der Waals surface area contributed by atoms with Crippen LogP contribution in [0.4, 0.5) is 5.69 Å². The van der Waals surface area contributed by atoms with Crippen LogP contribution in [0.3, 0.4) is 0 Å². The molecule has 4 aromatic rings. The Bertz CT molecular complexity index is 1670. The van der Waals surface area contributed by atoms with Crippen LogP contribution in [-0.4, -0.2) is 43.0 Å². The van der Waals surface area contributed by atoms with Crippen LogP contribution < -0.4 is 20.7 Å². The van der Waals surface area contributed by atoms with E-state index < -0.39 is 21.3 Å². The molecule has 0 atom stereocenters. The molecular formula is C29H35N3O6S. The van der Waals surface area contributed by atoms with Gasteiger partial charge in [0, 0.05) is 35.7 Å². The van der Waals surface area contributed by atoms with Crippen molar-refractivity contribution >= 4 is 26.5 Å². The molecule has 1 heterocycles. The Morgan fingerprint density at radius 2 is 1.64 bits per heavy atom. The zero-order valence-corrected chi connectivity index (χ0v) is 23.8. The molecule has 39 heavy (non-hydrogen) atoms. The number of aromatic amines is 1. The molecule has 0 saturated carbocycles. The second kappa shape index (κ2) is 11.9. The highest BCUT2D eigenvalue weighted by Gasteiger charge is 2.24. The van der Waals surface area contributed by atoms with E-state index in [1.54, 1.807) is 25.3 Å². The van der Waals surface area contributed by atoms with E-state index in [0.717, 1.165) is 44.7 Å². The summed E-state index contributed by atoms with van der Waals surface area (Å²) < 4.78 is 32.6. The summed E-state index contributed by atoms with van der Waals surface area (Å²) in [4.78, 5) is 27.7. The summed E-state index contributed by atoms with van der Waals surface area (Å²) >= 11 is 0. The van der Waals surface area contributed by atoms with Crippen LogP contribution in [0.1, 0.15) is 39.7 Å². The quantitative estimate of drug-likeness (QED) is 0.324. The van der Waals surface area contributed by atoms with Gasteiger partial charge in [-0.15, -0.1) is 0 Å². The molecule has 0 spiro atoms. The number of methoxy groups -OCH3 is 1. The summed E-state index contributed by atoms with van der Waals surface area (Å²) in [6.45, 7) is 8.35. The van der Waals surface area contributed by atoms with Crippen LogP contribution in [0.2, 0.25) is 0 Å². The maximum absolute atomic E-state index is 12.6. The standard InChI is InChI=1S/C26H27N3O5S.C3H8O/c1-26(2,3)22-15-20(29-23(30)10-11-27-25(29)31)14-21(24(22)34-4)18-7-6-17-13-19(28-35(5,32)33)9-8-16(17)12-18;1-2-3-4/h6-15,28H,1-5H3,(H,27,31);4H,2-3H2,1H3. The number of hydrogen-bond acceptors (Lipinski definition) is 6. The lowest BCUT2D eigenvalue weighted by molar-refractivity contribution is 0.295. The fourth-order valence-electron chi connectivity index (χ4n) is 4.09. The topological polar surface area (TPSA) is 130 Å². The molecule has 0 aliphatic rings. The molecule has 0 bridgehead atoms. The van der Waals surface area contributed by atoms with Crippen molar-refractivity contribution in [3.63, 3.8) is 0 Å². The maximum atomic E-state index is 12.6. The second-order valence-corrected chi connectivity index (χ2v) is 11.9. The Hall–Kier alpha value is -3.89. The van der Waals surface area contributed by atoms with E-state index >= 15 is 0 Å². The highest BCUT2D eigenvalue weighted by atomic mass is 32.2. The molecule has 0 amide bonds. The maximum Gasteiger partial charge on any atom is 0.332 e. The molecule has 0 radical (unpaired) electrons. The van der Waals surface area contributed by atoms with E-state index in [2.05, 4.69) is 9.71 Å². The van der Waals surface area contributed by atoms with Crippen molar-refractivity contribution in [2.24, 2.45) is 0 Å². The summed E-state index contributed by atoms with van der Waals surface area (Å²) in [6, 6.07) is 15.9. The Kier molecular flexibility index (Phi) is 9.03. The number of benzene rings is 3. The minimum atomic E-state index is -3.39. The van der Waals surface area contributed by atoms with Crippen molar-refractivity contribution in [1.29, 1.82) is 0 Å². The van der Waals surface area contributed by atoms with Gasteiger partial charge in [-0.25, -0.2) is 17.8 Å². The minimum absolute atomic E-state index is 0.319. The first-order valence-corrected chi connectivity index (χ1v) is 14.3. The normalized spacial score (nSPS) is 11.6. The number of fused-ring (bicyclic) bond motifs is 1. The molecule has 4 rings (SSSR count). The third kappa shape index (κ3) is 7.15. The van der Waals surface area contributed by atoms with Crippen molar-refractivity contribution in [3.05, 3.63) is 87.2 Å². The van der Waals surface area contributed by atoms with Gasteiger partial charge >= 0.3 is 5.69 Å². The molecule has 3 N–H and O–H groups in total. The van der Waals surface area contributed by atoms with E-state index in [1.807, 2.05) is 58.0 Å². The third-order valence-electron chi connectivity index (χ3n) is 5.88. The van der Waals surface area contributed by atoms with Crippen LogP contribution in [0.15, 0.2) is 70.4 Å². The van der Waals surface area contributed by atoms with Gasteiger partial charge in [0.15, 0.2) is 0 Å². The molecule has 208 valence electrons. The molecule has 0 unspecified atom stereocenters.